The molecule has 0 unspecified atom stereocenters. The molecule has 0 heterocycles. The Bertz CT molecular complexity index is 304. The first-order chi connectivity index (χ1) is 6.88. The number of nitrogens with two attached hydrogens (primary N) is 1. The lowest BCUT2D eigenvalue weighted by molar-refractivity contribution is 1.19. The van der Waals surface area contributed by atoms with Gasteiger partial charge in [0.1, 0.15) is 0 Å². The van der Waals surface area contributed by atoms with Crippen LogP contribution in [-0.4, -0.2) is 7.05 Å². The van der Waals surface area contributed by atoms with Crippen LogP contribution in [0.5, 0.6) is 0 Å². The molecule has 0 amide bonds. The molecule has 1 aromatic rings. The van der Waals surface area contributed by atoms with E-state index in [4.69, 9.17) is 12.8 Å². The van der Waals surface area contributed by atoms with Crippen molar-refractivity contribution in [3.8, 4) is 24.7 Å². The second kappa shape index (κ2) is 7.92. The molecule has 1 rings (SSSR count). The first-order valence-electron chi connectivity index (χ1n) is 4.40. The van der Waals surface area contributed by atoms with Crippen LogP contribution in [0.25, 0.3) is 0 Å². The standard InChI is InChI=1S/C12H10.CH5N/c1-3-7-11-9-5-6-10-12(11)8-4-2;1-2/h1-2,5-6,9-10H,7-8H2;2H2,1H3. The van der Waals surface area contributed by atoms with Crippen LogP contribution in [0.4, 0.5) is 0 Å². The third-order valence-electron chi connectivity index (χ3n) is 1.70. The summed E-state index contributed by atoms with van der Waals surface area (Å²) in [6.07, 6.45) is 11.8. The summed E-state index contributed by atoms with van der Waals surface area (Å²) in [5.74, 6) is 5.23. The molecule has 0 fully saturated rings. The third kappa shape index (κ3) is 3.81. The van der Waals surface area contributed by atoms with E-state index >= 15 is 0 Å². The first-order valence-corrected chi connectivity index (χ1v) is 4.40. The Hall–Kier alpha value is -1.70. The number of rotatable bonds is 2. The van der Waals surface area contributed by atoms with Crippen LogP contribution in [0.15, 0.2) is 24.3 Å². The molecule has 0 aliphatic heterocycles. The minimum Gasteiger partial charge on any atom is -0.333 e. The van der Waals surface area contributed by atoms with Gasteiger partial charge in [0.2, 0.25) is 0 Å². The Morgan fingerprint density at radius 2 is 1.36 bits per heavy atom. The van der Waals surface area contributed by atoms with Crippen molar-refractivity contribution in [2.24, 2.45) is 5.73 Å². The predicted molar refractivity (Wildman–Crippen MR) is 61.6 cm³/mol. The summed E-state index contributed by atoms with van der Waals surface area (Å²) in [5, 5.41) is 0. The highest BCUT2D eigenvalue weighted by molar-refractivity contribution is 5.32. The SMILES string of the molecule is C#CCc1ccccc1CC#C.CN. The van der Waals surface area contributed by atoms with E-state index in [0.29, 0.717) is 12.8 Å². The van der Waals surface area contributed by atoms with Gasteiger partial charge in [0.15, 0.2) is 0 Å². The maximum Gasteiger partial charge on any atom is 0.0340 e. The van der Waals surface area contributed by atoms with E-state index in [1.54, 1.807) is 0 Å². The highest BCUT2D eigenvalue weighted by atomic mass is 14.4. The van der Waals surface area contributed by atoms with Crippen molar-refractivity contribution in [2.75, 3.05) is 7.05 Å². The zero-order chi connectivity index (χ0) is 10.8. The molecule has 0 aromatic heterocycles. The van der Waals surface area contributed by atoms with Crippen molar-refractivity contribution in [3.05, 3.63) is 35.4 Å². The van der Waals surface area contributed by atoms with E-state index in [1.165, 1.54) is 7.05 Å². The van der Waals surface area contributed by atoms with Gasteiger partial charge >= 0.3 is 0 Å². The summed E-state index contributed by atoms with van der Waals surface area (Å²) >= 11 is 0. The third-order valence-corrected chi connectivity index (χ3v) is 1.70. The van der Waals surface area contributed by atoms with Gasteiger partial charge < -0.3 is 5.73 Å². The molecule has 0 radical (unpaired) electrons. The van der Waals surface area contributed by atoms with E-state index in [2.05, 4.69) is 17.6 Å². The predicted octanol–water partition coefficient (Wildman–Crippen LogP) is 1.61. The molecule has 2 N–H and O–H groups in total. The van der Waals surface area contributed by atoms with Crippen LogP contribution in [0.3, 0.4) is 0 Å². The molecule has 1 nitrogen and oxygen atoms in total. The van der Waals surface area contributed by atoms with Gasteiger partial charge in [-0.3, -0.25) is 0 Å². The summed E-state index contributed by atoms with van der Waals surface area (Å²) in [5.41, 5.74) is 6.83. The molecule has 72 valence electrons. The van der Waals surface area contributed by atoms with Crippen molar-refractivity contribution < 1.29 is 0 Å². The maximum absolute atomic E-state index is 5.22. The van der Waals surface area contributed by atoms with Crippen molar-refractivity contribution in [2.45, 2.75) is 12.8 Å². The van der Waals surface area contributed by atoms with E-state index in [0.717, 1.165) is 11.1 Å². The number of terminal acetylenes is 2. The van der Waals surface area contributed by atoms with Gasteiger partial charge in [-0.1, -0.05) is 24.3 Å². The Labute approximate surface area is 86.3 Å². The Morgan fingerprint density at radius 1 is 1.00 bits per heavy atom. The molecule has 0 spiro atoms. The number of benzene rings is 1. The molecule has 0 saturated carbocycles. The molecule has 1 heteroatoms. The summed E-state index contributed by atoms with van der Waals surface area (Å²) in [6.45, 7) is 0. The van der Waals surface area contributed by atoms with Crippen molar-refractivity contribution in [1.82, 2.24) is 0 Å². The fourth-order valence-electron chi connectivity index (χ4n) is 1.12. The molecule has 1 aromatic carbocycles. The van der Waals surface area contributed by atoms with E-state index in [1.807, 2.05) is 24.3 Å². The van der Waals surface area contributed by atoms with Crippen LogP contribution in [-0.2, 0) is 12.8 Å². The van der Waals surface area contributed by atoms with E-state index in [-0.39, 0.29) is 0 Å². The molecule has 14 heavy (non-hydrogen) atoms. The first kappa shape index (κ1) is 12.3. The summed E-state index contributed by atoms with van der Waals surface area (Å²) in [7, 11) is 1.50. The largest absolute Gasteiger partial charge is 0.333 e. The van der Waals surface area contributed by atoms with Crippen LogP contribution >= 0.6 is 0 Å². The molecular formula is C13H15N. The fraction of sp³-hybridized carbons (Fsp3) is 0.231. The Balaban J connectivity index is 0.000000791. The quantitative estimate of drug-likeness (QED) is 0.696. The zero-order valence-electron chi connectivity index (χ0n) is 8.46. The van der Waals surface area contributed by atoms with Gasteiger partial charge in [0.05, 0.1) is 0 Å². The summed E-state index contributed by atoms with van der Waals surface area (Å²) in [4.78, 5) is 0. The van der Waals surface area contributed by atoms with Crippen LogP contribution < -0.4 is 5.73 Å². The monoisotopic (exact) mass is 185 g/mol. The smallest absolute Gasteiger partial charge is 0.0340 e. The Morgan fingerprint density at radius 3 is 1.64 bits per heavy atom. The Kier molecular flexibility index (Phi) is 6.96. The van der Waals surface area contributed by atoms with Gasteiger partial charge in [-0.15, -0.1) is 24.7 Å². The van der Waals surface area contributed by atoms with Crippen molar-refractivity contribution in [3.63, 3.8) is 0 Å². The van der Waals surface area contributed by atoms with Crippen molar-refractivity contribution >= 4 is 0 Å². The zero-order valence-corrected chi connectivity index (χ0v) is 8.46. The normalized spacial score (nSPS) is 7.71. The average Bonchev–Trinajstić information content (AvgIpc) is 2.25. The summed E-state index contributed by atoms with van der Waals surface area (Å²) < 4.78 is 0. The van der Waals surface area contributed by atoms with Gasteiger partial charge in [-0.05, 0) is 18.2 Å². The van der Waals surface area contributed by atoms with Gasteiger partial charge in [-0.25, -0.2) is 0 Å². The minimum atomic E-state index is 0.665. The molecule has 0 aliphatic carbocycles. The molecule has 0 saturated heterocycles. The molecular weight excluding hydrogens is 170 g/mol. The van der Waals surface area contributed by atoms with E-state index < -0.39 is 0 Å². The van der Waals surface area contributed by atoms with Crippen LogP contribution in [0.1, 0.15) is 11.1 Å². The van der Waals surface area contributed by atoms with E-state index in [9.17, 15) is 0 Å². The summed E-state index contributed by atoms with van der Waals surface area (Å²) in [6, 6.07) is 8.00. The fourth-order valence-corrected chi connectivity index (χ4v) is 1.12. The second-order valence-corrected chi connectivity index (χ2v) is 2.53. The molecule has 0 atom stereocenters. The van der Waals surface area contributed by atoms with Gasteiger partial charge in [-0.2, -0.15) is 0 Å². The number of hydrogen-bond acceptors (Lipinski definition) is 1. The van der Waals surface area contributed by atoms with Gasteiger partial charge in [0.25, 0.3) is 0 Å². The highest BCUT2D eigenvalue weighted by Crippen LogP contribution is 2.09. The lowest BCUT2D eigenvalue weighted by Gasteiger charge is -2.01. The molecule has 0 bridgehead atoms. The lowest BCUT2D eigenvalue weighted by atomic mass is 10.0. The maximum atomic E-state index is 5.22. The van der Waals surface area contributed by atoms with Crippen LogP contribution in [0, 0.1) is 24.7 Å². The topological polar surface area (TPSA) is 26.0 Å². The minimum absolute atomic E-state index is 0.665. The highest BCUT2D eigenvalue weighted by Gasteiger charge is 1.96. The second-order valence-electron chi connectivity index (χ2n) is 2.53. The van der Waals surface area contributed by atoms with Crippen LogP contribution in [0.2, 0.25) is 0 Å². The average molecular weight is 185 g/mol. The molecule has 0 aliphatic rings. The van der Waals surface area contributed by atoms with Gasteiger partial charge in [0, 0.05) is 12.8 Å². The lowest BCUT2D eigenvalue weighted by Crippen LogP contribution is -1.90. The van der Waals surface area contributed by atoms with Crippen molar-refractivity contribution in [1.29, 1.82) is 0 Å². The number of hydrogen-bond donors (Lipinski definition) is 1.